The number of amides is 1. The number of nitrogens with zero attached hydrogens (tertiary/aromatic N) is 2. The second-order valence-electron chi connectivity index (χ2n) is 7.09. The van der Waals surface area contributed by atoms with Gasteiger partial charge in [0.15, 0.2) is 16.7 Å². The van der Waals surface area contributed by atoms with E-state index in [1.807, 2.05) is 0 Å². The highest BCUT2D eigenvalue weighted by molar-refractivity contribution is 8.19. The third kappa shape index (κ3) is 6.06. The van der Waals surface area contributed by atoms with Gasteiger partial charge in [-0.05, 0) is 54.1 Å². The highest BCUT2D eigenvalue weighted by Crippen LogP contribution is 2.35. The lowest BCUT2D eigenvalue weighted by Gasteiger charge is -2.12. The van der Waals surface area contributed by atoms with Gasteiger partial charge in [0, 0.05) is 6.54 Å². The molecule has 1 fully saturated rings. The van der Waals surface area contributed by atoms with Crippen molar-refractivity contribution in [3.63, 3.8) is 0 Å². The van der Waals surface area contributed by atoms with E-state index in [2.05, 4.69) is 17.9 Å². The number of sulfonamides is 1. The molecule has 0 bridgehead atoms. The average Bonchev–Trinajstić information content (AvgIpc) is 3.08. The summed E-state index contributed by atoms with van der Waals surface area (Å²) in [5.41, 5.74) is 0.726. The number of benzene rings is 2. The number of carbonyl (C=O) groups is 1. The van der Waals surface area contributed by atoms with Crippen molar-refractivity contribution in [3.8, 4) is 11.5 Å². The number of ether oxygens (including phenoxy) is 2. The van der Waals surface area contributed by atoms with Crippen LogP contribution in [0.5, 0.6) is 11.5 Å². The van der Waals surface area contributed by atoms with Crippen molar-refractivity contribution in [2.24, 2.45) is 4.40 Å². The smallest absolute Gasteiger partial charge is 0.284 e. The van der Waals surface area contributed by atoms with Gasteiger partial charge in [-0.2, -0.15) is 8.42 Å². The first-order valence-corrected chi connectivity index (χ1v) is 12.7. The molecule has 0 aromatic heterocycles. The van der Waals surface area contributed by atoms with Crippen LogP contribution in [0.2, 0.25) is 0 Å². The van der Waals surface area contributed by atoms with E-state index in [1.54, 1.807) is 49.6 Å². The summed E-state index contributed by atoms with van der Waals surface area (Å²) in [5, 5.41) is 0.0861. The average molecular weight is 487 g/mol. The molecule has 0 N–H and O–H groups in total. The Labute approximate surface area is 198 Å². The van der Waals surface area contributed by atoms with E-state index in [0.717, 1.165) is 30.2 Å². The lowest BCUT2D eigenvalue weighted by Crippen LogP contribution is -2.29. The zero-order valence-corrected chi connectivity index (χ0v) is 20.2. The van der Waals surface area contributed by atoms with Gasteiger partial charge in [-0.1, -0.05) is 43.7 Å². The molecular formula is C24H26N2O5S2. The number of hydrogen-bond acceptors (Lipinski definition) is 6. The van der Waals surface area contributed by atoms with Crippen LogP contribution in [-0.2, 0) is 14.8 Å². The van der Waals surface area contributed by atoms with Crippen LogP contribution in [-0.4, -0.2) is 44.7 Å². The zero-order valence-electron chi connectivity index (χ0n) is 18.6. The van der Waals surface area contributed by atoms with Crippen LogP contribution in [0.15, 0.2) is 75.4 Å². The molecule has 1 aliphatic rings. The Balaban J connectivity index is 1.94. The molecule has 0 saturated carbocycles. The van der Waals surface area contributed by atoms with E-state index in [-0.39, 0.29) is 22.5 Å². The van der Waals surface area contributed by atoms with Crippen LogP contribution in [0.3, 0.4) is 0 Å². The molecule has 1 aliphatic heterocycles. The minimum absolute atomic E-state index is 0.0607. The molecule has 1 amide bonds. The highest BCUT2D eigenvalue weighted by Gasteiger charge is 2.34. The summed E-state index contributed by atoms with van der Waals surface area (Å²) in [6.45, 7) is 6.44. The summed E-state index contributed by atoms with van der Waals surface area (Å²) in [4.78, 5) is 14.7. The van der Waals surface area contributed by atoms with E-state index < -0.39 is 10.0 Å². The minimum atomic E-state index is -3.97. The van der Waals surface area contributed by atoms with Crippen molar-refractivity contribution in [3.05, 3.63) is 71.7 Å². The van der Waals surface area contributed by atoms with Gasteiger partial charge >= 0.3 is 0 Å². The van der Waals surface area contributed by atoms with Crippen LogP contribution in [0, 0.1) is 0 Å². The van der Waals surface area contributed by atoms with Gasteiger partial charge in [0.1, 0.15) is 0 Å². The van der Waals surface area contributed by atoms with Crippen molar-refractivity contribution < 1.29 is 22.7 Å². The third-order valence-corrected chi connectivity index (χ3v) is 7.08. The molecule has 7 nitrogen and oxygen atoms in total. The predicted molar refractivity (Wildman–Crippen MR) is 132 cm³/mol. The first-order valence-electron chi connectivity index (χ1n) is 10.4. The number of unbranched alkanes of at least 4 members (excludes halogenated alkanes) is 1. The maximum Gasteiger partial charge on any atom is 0.284 e. The Morgan fingerprint density at radius 2 is 1.91 bits per heavy atom. The largest absolute Gasteiger partial charge is 0.493 e. The van der Waals surface area contributed by atoms with E-state index in [0.29, 0.717) is 23.0 Å². The first kappa shape index (κ1) is 24.6. The lowest BCUT2D eigenvalue weighted by atomic mass is 10.2. The number of carbonyl (C=O) groups excluding carboxylic acids is 1. The number of thioether (sulfide) groups is 1. The fourth-order valence-corrected chi connectivity index (χ4v) is 5.20. The summed E-state index contributed by atoms with van der Waals surface area (Å²) in [7, 11) is -2.40. The van der Waals surface area contributed by atoms with E-state index in [9.17, 15) is 13.2 Å². The summed E-state index contributed by atoms with van der Waals surface area (Å²) >= 11 is 1.01. The van der Waals surface area contributed by atoms with Crippen LogP contribution >= 0.6 is 11.8 Å². The van der Waals surface area contributed by atoms with Gasteiger partial charge in [-0.15, -0.1) is 11.0 Å². The number of hydrogen-bond donors (Lipinski definition) is 0. The Kier molecular flexibility index (Phi) is 8.35. The lowest BCUT2D eigenvalue weighted by molar-refractivity contribution is -0.121. The SMILES string of the molecule is C=CCN1C(=O)C(=Cc2ccc(OC)c(OCCCC)c2)SC1=NS(=O)(=O)c1ccccc1. The molecule has 9 heteroatoms. The van der Waals surface area contributed by atoms with Crippen molar-refractivity contribution in [2.75, 3.05) is 20.3 Å². The van der Waals surface area contributed by atoms with Gasteiger partial charge in [0.25, 0.3) is 15.9 Å². The van der Waals surface area contributed by atoms with Crippen LogP contribution in [0.1, 0.15) is 25.3 Å². The summed E-state index contributed by atoms with van der Waals surface area (Å²) < 4.78 is 40.6. The summed E-state index contributed by atoms with van der Waals surface area (Å²) in [6.07, 6.45) is 5.13. The molecular weight excluding hydrogens is 460 g/mol. The molecule has 0 aliphatic carbocycles. The Morgan fingerprint density at radius 1 is 1.15 bits per heavy atom. The molecule has 33 heavy (non-hydrogen) atoms. The van der Waals surface area contributed by atoms with Crippen molar-refractivity contribution in [1.82, 2.24) is 4.90 Å². The molecule has 2 aromatic carbocycles. The van der Waals surface area contributed by atoms with Gasteiger partial charge in [0.05, 0.1) is 23.5 Å². The van der Waals surface area contributed by atoms with Gasteiger partial charge in [0.2, 0.25) is 0 Å². The second kappa shape index (κ2) is 11.2. The van der Waals surface area contributed by atoms with Crippen molar-refractivity contribution in [2.45, 2.75) is 24.7 Å². The van der Waals surface area contributed by atoms with E-state index >= 15 is 0 Å². The van der Waals surface area contributed by atoms with E-state index in [1.165, 1.54) is 23.1 Å². The van der Waals surface area contributed by atoms with Crippen LogP contribution < -0.4 is 9.47 Å². The van der Waals surface area contributed by atoms with Gasteiger partial charge < -0.3 is 9.47 Å². The van der Waals surface area contributed by atoms with Gasteiger partial charge in [-0.3, -0.25) is 9.69 Å². The Hall–Kier alpha value is -3.04. The zero-order chi connectivity index (χ0) is 23.8. The molecule has 1 saturated heterocycles. The fourth-order valence-electron chi connectivity index (χ4n) is 2.99. The molecule has 0 radical (unpaired) electrons. The minimum Gasteiger partial charge on any atom is -0.493 e. The highest BCUT2D eigenvalue weighted by atomic mass is 32.2. The van der Waals surface area contributed by atoms with Crippen LogP contribution in [0.25, 0.3) is 6.08 Å². The predicted octanol–water partition coefficient (Wildman–Crippen LogP) is 4.72. The van der Waals surface area contributed by atoms with Crippen molar-refractivity contribution in [1.29, 1.82) is 0 Å². The first-order chi connectivity index (χ1) is 15.9. The fraction of sp³-hybridized carbons (Fsp3) is 0.250. The molecule has 1 heterocycles. The molecule has 0 unspecified atom stereocenters. The molecule has 2 aromatic rings. The Morgan fingerprint density at radius 3 is 2.58 bits per heavy atom. The summed E-state index contributed by atoms with van der Waals surface area (Å²) in [6, 6.07) is 13.3. The Bertz CT molecular complexity index is 1170. The monoisotopic (exact) mass is 486 g/mol. The maximum absolute atomic E-state index is 13.0. The standard InChI is InChI=1S/C24H26N2O5S2/c1-4-6-15-31-21-16-18(12-13-20(21)30-3)17-22-23(27)26(14-5-2)24(32-22)25-33(28,29)19-10-8-7-9-11-19/h5,7-13,16-17H,2,4,6,14-15H2,1,3H3. The normalized spacial score (nSPS) is 16.4. The quantitative estimate of drug-likeness (QED) is 0.274. The number of rotatable bonds is 10. The van der Waals surface area contributed by atoms with Gasteiger partial charge in [-0.25, -0.2) is 0 Å². The molecule has 0 atom stereocenters. The topological polar surface area (TPSA) is 85.3 Å². The third-order valence-electron chi connectivity index (χ3n) is 4.68. The number of methoxy groups -OCH3 is 1. The van der Waals surface area contributed by atoms with E-state index in [4.69, 9.17) is 9.47 Å². The molecule has 3 rings (SSSR count). The molecule has 0 spiro atoms. The maximum atomic E-state index is 13.0. The second-order valence-corrected chi connectivity index (χ2v) is 9.70. The summed E-state index contributed by atoms with van der Waals surface area (Å²) in [5.74, 6) is 0.841. The van der Waals surface area contributed by atoms with Crippen LogP contribution in [0.4, 0.5) is 0 Å². The van der Waals surface area contributed by atoms with Crippen molar-refractivity contribution >= 4 is 38.9 Å². The number of amidine groups is 1. The molecule has 174 valence electrons.